The maximum atomic E-state index is 6.18. The lowest BCUT2D eigenvalue weighted by Gasteiger charge is -2.22. The van der Waals surface area contributed by atoms with Crippen molar-refractivity contribution in [1.82, 2.24) is 5.32 Å². The van der Waals surface area contributed by atoms with Crippen molar-refractivity contribution >= 4 is 0 Å². The van der Waals surface area contributed by atoms with Gasteiger partial charge in [0, 0.05) is 13.0 Å². The number of ether oxygens (including phenoxy) is 1. The highest BCUT2D eigenvalue weighted by atomic mass is 16.5. The number of rotatable bonds is 9. The Morgan fingerprint density at radius 3 is 2.75 bits per heavy atom. The standard InChI is InChI=1S/C18H29NO/c1-3-5-6-9-13-20-17-14-15-10-7-8-11-16(15)18(17)19-12-4-2/h7-8,10-11,17-19H,3-6,9,12-14H2,1-2H3. The monoisotopic (exact) mass is 275 g/mol. The molecular formula is C18H29NO. The molecule has 1 aliphatic rings. The Labute approximate surface area is 123 Å². The summed E-state index contributed by atoms with van der Waals surface area (Å²) in [5.74, 6) is 0. The number of unbranched alkanes of at least 4 members (excludes halogenated alkanes) is 3. The van der Waals surface area contributed by atoms with Crippen LogP contribution in [0.2, 0.25) is 0 Å². The van der Waals surface area contributed by atoms with Gasteiger partial charge in [-0.15, -0.1) is 0 Å². The van der Waals surface area contributed by atoms with Crippen molar-refractivity contribution in [2.45, 2.75) is 64.5 Å². The summed E-state index contributed by atoms with van der Waals surface area (Å²) >= 11 is 0. The predicted molar refractivity (Wildman–Crippen MR) is 85.1 cm³/mol. The first-order valence-electron chi connectivity index (χ1n) is 8.29. The zero-order chi connectivity index (χ0) is 14.2. The van der Waals surface area contributed by atoms with Crippen LogP contribution in [-0.4, -0.2) is 19.3 Å². The summed E-state index contributed by atoms with van der Waals surface area (Å²) in [6.45, 7) is 6.44. The largest absolute Gasteiger partial charge is 0.376 e. The van der Waals surface area contributed by atoms with Crippen LogP contribution in [0.15, 0.2) is 24.3 Å². The second kappa shape index (κ2) is 8.43. The van der Waals surface area contributed by atoms with E-state index in [0.29, 0.717) is 12.1 Å². The molecule has 0 radical (unpaired) electrons. The Balaban J connectivity index is 1.88. The first-order valence-corrected chi connectivity index (χ1v) is 8.29. The molecule has 0 aliphatic heterocycles. The Kier molecular flexibility index (Phi) is 6.55. The van der Waals surface area contributed by atoms with Crippen LogP contribution >= 0.6 is 0 Å². The molecule has 0 bridgehead atoms. The van der Waals surface area contributed by atoms with E-state index in [1.807, 2.05) is 0 Å². The van der Waals surface area contributed by atoms with E-state index in [1.165, 1.54) is 43.2 Å². The minimum Gasteiger partial charge on any atom is -0.376 e. The van der Waals surface area contributed by atoms with Crippen molar-refractivity contribution in [3.8, 4) is 0 Å². The van der Waals surface area contributed by atoms with Crippen molar-refractivity contribution in [2.75, 3.05) is 13.2 Å². The van der Waals surface area contributed by atoms with E-state index in [0.717, 1.165) is 19.6 Å². The van der Waals surface area contributed by atoms with Crippen molar-refractivity contribution in [1.29, 1.82) is 0 Å². The van der Waals surface area contributed by atoms with Gasteiger partial charge in [0.1, 0.15) is 0 Å². The number of hydrogen-bond donors (Lipinski definition) is 1. The maximum absolute atomic E-state index is 6.18. The fraction of sp³-hybridized carbons (Fsp3) is 0.667. The molecule has 0 fully saturated rings. The number of fused-ring (bicyclic) bond motifs is 1. The number of nitrogens with one attached hydrogen (secondary N) is 1. The van der Waals surface area contributed by atoms with Crippen LogP contribution in [0, 0.1) is 0 Å². The first-order chi connectivity index (χ1) is 9.86. The summed E-state index contributed by atoms with van der Waals surface area (Å²) in [6, 6.07) is 9.17. The van der Waals surface area contributed by atoms with Gasteiger partial charge in [0.2, 0.25) is 0 Å². The molecule has 2 rings (SSSR count). The van der Waals surface area contributed by atoms with Gasteiger partial charge in [-0.25, -0.2) is 0 Å². The number of benzene rings is 1. The average molecular weight is 275 g/mol. The van der Waals surface area contributed by atoms with Crippen LogP contribution in [0.25, 0.3) is 0 Å². The molecule has 1 N–H and O–H groups in total. The van der Waals surface area contributed by atoms with Crippen LogP contribution in [0.3, 0.4) is 0 Å². The lowest BCUT2D eigenvalue weighted by Crippen LogP contribution is -2.31. The third kappa shape index (κ3) is 4.07. The molecule has 2 atom stereocenters. The Morgan fingerprint density at radius 1 is 1.10 bits per heavy atom. The van der Waals surface area contributed by atoms with Crippen LogP contribution in [0.4, 0.5) is 0 Å². The normalized spacial score (nSPS) is 21.1. The van der Waals surface area contributed by atoms with Crippen LogP contribution in [-0.2, 0) is 11.2 Å². The summed E-state index contributed by atoms with van der Waals surface area (Å²) in [6.07, 6.45) is 7.65. The van der Waals surface area contributed by atoms with Gasteiger partial charge in [-0.05, 0) is 30.5 Å². The smallest absolute Gasteiger partial charge is 0.0810 e. The van der Waals surface area contributed by atoms with E-state index < -0.39 is 0 Å². The van der Waals surface area contributed by atoms with Crippen molar-refractivity contribution < 1.29 is 4.74 Å². The second-order valence-corrected chi connectivity index (χ2v) is 5.80. The highest BCUT2D eigenvalue weighted by Crippen LogP contribution is 2.33. The molecule has 20 heavy (non-hydrogen) atoms. The molecule has 1 aromatic rings. The van der Waals surface area contributed by atoms with Gasteiger partial charge in [0.15, 0.2) is 0 Å². The molecule has 0 spiro atoms. The minimum absolute atomic E-state index is 0.320. The van der Waals surface area contributed by atoms with Gasteiger partial charge in [-0.3, -0.25) is 0 Å². The van der Waals surface area contributed by atoms with E-state index in [1.54, 1.807) is 0 Å². The Morgan fingerprint density at radius 2 is 1.95 bits per heavy atom. The van der Waals surface area contributed by atoms with E-state index >= 15 is 0 Å². The fourth-order valence-corrected chi connectivity index (χ4v) is 3.02. The molecule has 0 aromatic heterocycles. The third-order valence-electron chi connectivity index (χ3n) is 4.13. The van der Waals surface area contributed by atoms with Gasteiger partial charge < -0.3 is 10.1 Å². The zero-order valence-corrected chi connectivity index (χ0v) is 13.0. The van der Waals surface area contributed by atoms with E-state index in [9.17, 15) is 0 Å². The molecule has 0 saturated heterocycles. The van der Waals surface area contributed by atoms with Gasteiger partial charge in [-0.1, -0.05) is 57.4 Å². The second-order valence-electron chi connectivity index (χ2n) is 5.80. The molecule has 0 heterocycles. The Bertz CT molecular complexity index is 391. The van der Waals surface area contributed by atoms with Crippen LogP contribution in [0.5, 0.6) is 0 Å². The summed E-state index contributed by atoms with van der Waals surface area (Å²) in [5.41, 5.74) is 2.90. The van der Waals surface area contributed by atoms with Crippen LogP contribution in [0.1, 0.15) is 63.1 Å². The lowest BCUT2D eigenvalue weighted by atomic mass is 10.1. The molecule has 0 saturated carbocycles. The fourth-order valence-electron chi connectivity index (χ4n) is 3.02. The molecule has 2 nitrogen and oxygen atoms in total. The first kappa shape index (κ1) is 15.5. The molecule has 0 amide bonds. The van der Waals surface area contributed by atoms with Gasteiger partial charge in [0.25, 0.3) is 0 Å². The van der Waals surface area contributed by atoms with Gasteiger partial charge >= 0.3 is 0 Å². The van der Waals surface area contributed by atoms with Crippen molar-refractivity contribution in [3.05, 3.63) is 35.4 Å². The summed E-state index contributed by atoms with van der Waals surface area (Å²) in [4.78, 5) is 0. The highest BCUT2D eigenvalue weighted by Gasteiger charge is 2.32. The summed E-state index contributed by atoms with van der Waals surface area (Å²) in [5, 5.41) is 3.66. The predicted octanol–water partition coefficient (Wildman–Crippen LogP) is 4.25. The summed E-state index contributed by atoms with van der Waals surface area (Å²) < 4.78 is 6.18. The molecule has 1 aromatic carbocycles. The molecule has 2 unspecified atom stereocenters. The van der Waals surface area contributed by atoms with E-state index in [2.05, 4.69) is 43.4 Å². The third-order valence-corrected chi connectivity index (χ3v) is 4.13. The van der Waals surface area contributed by atoms with Gasteiger partial charge in [0.05, 0.1) is 12.1 Å². The molecular weight excluding hydrogens is 246 g/mol. The SMILES string of the molecule is CCCCCCOC1Cc2ccccc2C1NCCC. The highest BCUT2D eigenvalue weighted by molar-refractivity contribution is 5.36. The quantitative estimate of drug-likeness (QED) is 0.680. The molecule has 1 aliphatic carbocycles. The minimum atomic E-state index is 0.320. The van der Waals surface area contributed by atoms with E-state index in [4.69, 9.17) is 4.74 Å². The lowest BCUT2D eigenvalue weighted by molar-refractivity contribution is 0.0325. The van der Waals surface area contributed by atoms with Gasteiger partial charge in [-0.2, -0.15) is 0 Å². The van der Waals surface area contributed by atoms with E-state index in [-0.39, 0.29) is 0 Å². The number of hydrogen-bond acceptors (Lipinski definition) is 2. The van der Waals surface area contributed by atoms with Crippen molar-refractivity contribution in [3.63, 3.8) is 0 Å². The van der Waals surface area contributed by atoms with Crippen molar-refractivity contribution in [2.24, 2.45) is 0 Å². The topological polar surface area (TPSA) is 21.3 Å². The zero-order valence-electron chi connectivity index (χ0n) is 13.0. The molecule has 2 heteroatoms. The van der Waals surface area contributed by atoms with Crippen LogP contribution < -0.4 is 5.32 Å². The average Bonchev–Trinajstić information content (AvgIpc) is 2.82. The summed E-state index contributed by atoms with van der Waals surface area (Å²) in [7, 11) is 0. The Hall–Kier alpha value is -0.860. The maximum Gasteiger partial charge on any atom is 0.0810 e. The molecule has 112 valence electrons.